The topological polar surface area (TPSA) is 46.6 Å². The van der Waals surface area contributed by atoms with E-state index in [0.29, 0.717) is 12.5 Å². The van der Waals surface area contributed by atoms with E-state index >= 15 is 0 Å². The number of hydrogen-bond donors (Lipinski definition) is 0. The first kappa shape index (κ1) is 16.1. The number of halogens is 2. The maximum absolute atomic E-state index is 13.7. The molecule has 2 amide bonds. The number of benzene rings is 2. The van der Waals surface area contributed by atoms with Crippen molar-refractivity contribution in [1.82, 2.24) is 4.90 Å². The van der Waals surface area contributed by atoms with E-state index in [9.17, 15) is 18.4 Å². The third-order valence-electron chi connectivity index (χ3n) is 3.90. The minimum Gasteiger partial charge on any atom is -0.447 e. The molecular weight excluding hydrogens is 316 g/mol. The second-order valence-corrected chi connectivity index (χ2v) is 5.60. The van der Waals surface area contributed by atoms with E-state index in [2.05, 4.69) is 0 Å². The summed E-state index contributed by atoms with van der Waals surface area (Å²) >= 11 is 0. The van der Waals surface area contributed by atoms with Gasteiger partial charge in [-0.2, -0.15) is 0 Å². The van der Waals surface area contributed by atoms with Gasteiger partial charge < -0.3 is 4.74 Å². The lowest BCUT2D eigenvalue weighted by Crippen LogP contribution is -2.41. The zero-order valence-corrected chi connectivity index (χ0v) is 12.7. The van der Waals surface area contributed by atoms with Crippen LogP contribution in [0.15, 0.2) is 48.5 Å². The predicted octanol–water partition coefficient (Wildman–Crippen LogP) is 3.10. The van der Waals surface area contributed by atoms with E-state index in [1.807, 2.05) is 30.3 Å². The van der Waals surface area contributed by atoms with Crippen molar-refractivity contribution in [3.05, 3.63) is 71.3 Å². The molecule has 124 valence electrons. The Morgan fingerprint density at radius 2 is 1.92 bits per heavy atom. The molecule has 1 aliphatic rings. The van der Waals surface area contributed by atoms with Crippen LogP contribution in [0, 0.1) is 11.6 Å². The van der Waals surface area contributed by atoms with Crippen LogP contribution in [0.25, 0.3) is 0 Å². The minimum absolute atomic E-state index is 0.0413. The van der Waals surface area contributed by atoms with E-state index < -0.39 is 29.7 Å². The van der Waals surface area contributed by atoms with Gasteiger partial charge in [0.25, 0.3) is 0 Å². The molecule has 1 aliphatic heterocycles. The number of rotatable bonds is 4. The maximum Gasteiger partial charge on any atom is 0.416 e. The summed E-state index contributed by atoms with van der Waals surface area (Å²) in [5.74, 6) is -2.09. The summed E-state index contributed by atoms with van der Waals surface area (Å²) in [5.41, 5.74) is 1.01. The fourth-order valence-corrected chi connectivity index (χ4v) is 2.72. The van der Waals surface area contributed by atoms with E-state index in [0.717, 1.165) is 16.5 Å². The average Bonchev–Trinajstić information content (AvgIpc) is 2.91. The third-order valence-corrected chi connectivity index (χ3v) is 3.90. The molecule has 3 rings (SSSR count). The van der Waals surface area contributed by atoms with E-state index in [-0.39, 0.29) is 18.6 Å². The first-order valence-corrected chi connectivity index (χ1v) is 7.51. The molecule has 1 heterocycles. The summed E-state index contributed by atoms with van der Waals surface area (Å²) < 4.78 is 31.6. The molecule has 0 bridgehead atoms. The van der Waals surface area contributed by atoms with Gasteiger partial charge in [0.2, 0.25) is 5.91 Å². The zero-order valence-electron chi connectivity index (χ0n) is 12.7. The van der Waals surface area contributed by atoms with Crippen molar-refractivity contribution in [2.45, 2.75) is 18.9 Å². The number of carbonyl (C=O) groups excluding carboxylic acids is 2. The molecule has 2 aromatic rings. The fraction of sp³-hybridized carbons (Fsp3) is 0.222. The predicted molar refractivity (Wildman–Crippen MR) is 82.2 cm³/mol. The lowest BCUT2D eigenvalue weighted by molar-refractivity contribution is -0.128. The van der Waals surface area contributed by atoms with Gasteiger partial charge in [0.05, 0.1) is 12.5 Å². The summed E-state index contributed by atoms with van der Waals surface area (Å²) in [6.45, 7) is 0.103. The standard InChI is InChI=1S/C18H15F2NO3/c19-14-7-6-13(16(20)10-14)9-17(22)21-15(11-24-18(21)23)8-12-4-2-1-3-5-12/h1-7,10,15H,8-9,11H2. The van der Waals surface area contributed by atoms with Crippen LogP contribution in [0.1, 0.15) is 11.1 Å². The Labute approximate surface area is 137 Å². The van der Waals surface area contributed by atoms with Crippen LogP contribution in [0.5, 0.6) is 0 Å². The Balaban J connectivity index is 1.75. The molecule has 24 heavy (non-hydrogen) atoms. The summed E-state index contributed by atoms with van der Waals surface area (Å²) in [6.07, 6.45) is -0.597. The molecule has 0 spiro atoms. The van der Waals surface area contributed by atoms with Crippen LogP contribution in [-0.4, -0.2) is 29.5 Å². The molecule has 6 heteroatoms. The number of ether oxygens (including phenoxy) is 1. The van der Waals surface area contributed by atoms with E-state index in [1.54, 1.807) is 0 Å². The van der Waals surface area contributed by atoms with Gasteiger partial charge >= 0.3 is 6.09 Å². The molecule has 1 saturated heterocycles. The van der Waals surface area contributed by atoms with E-state index in [4.69, 9.17) is 4.74 Å². The van der Waals surface area contributed by atoms with Crippen LogP contribution < -0.4 is 0 Å². The normalized spacial score (nSPS) is 17.0. The van der Waals surface area contributed by atoms with Gasteiger partial charge in [0, 0.05) is 6.07 Å². The fourth-order valence-electron chi connectivity index (χ4n) is 2.72. The lowest BCUT2D eigenvalue weighted by Gasteiger charge is -2.19. The highest BCUT2D eigenvalue weighted by Crippen LogP contribution is 2.20. The molecule has 0 N–H and O–H groups in total. The minimum atomic E-state index is -0.810. The quantitative estimate of drug-likeness (QED) is 0.865. The molecule has 1 fully saturated rings. The number of cyclic esters (lactones) is 1. The molecule has 0 aromatic heterocycles. The Morgan fingerprint density at radius 1 is 1.17 bits per heavy atom. The van der Waals surface area contributed by atoms with Crippen molar-refractivity contribution >= 4 is 12.0 Å². The van der Waals surface area contributed by atoms with E-state index in [1.165, 1.54) is 6.07 Å². The molecule has 0 aliphatic carbocycles. The van der Waals surface area contributed by atoms with Crippen LogP contribution in [0.3, 0.4) is 0 Å². The van der Waals surface area contributed by atoms with Crippen molar-refractivity contribution in [1.29, 1.82) is 0 Å². The highest BCUT2D eigenvalue weighted by Gasteiger charge is 2.37. The summed E-state index contributed by atoms with van der Waals surface area (Å²) in [6, 6.07) is 12.0. The van der Waals surface area contributed by atoms with Crippen molar-refractivity contribution in [2.24, 2.45) is 0 Å². The zero-order chi connectivity index (χ0) is 17.1. The Hall–Kier alpha value is -2.76. The second-order valence-electron chi connectivity index (χ2n) is 5.60. The lowest BCUT2D eigenvalue weighted by atomic mass is 10.0. The summed E-state index contributed by atoms with van der Waals surface area (Å²) in [7, 11) is 0. The molecule has 2 aromatic carbocycles. The first-order chi connectivity index (χ1) is 11.5. The average molecular weight is 331 g/mol. The number of amides is 2. The molecule has 1 atom stereocenters. The monoisotopic (exact) mass is 331 g/mol. The van der Waals surface area contributed by atoms with Crippen LogP contribution in [0.2, 0.25) is 0 Å². The first-order valence-electron chi connectivity index (χ1n) is 7.51. The van der Waals surface area contributed by atoms with Gasteiger partial charge in [-0.1, -0.05) is 36.4 Å². The van der Waals surface area contributed by atoms with Gasteiger partial charge in [-0.25, -0.2) is 18.5 Å². The highest BCUT2D eigenvalue weighted by atomic mass is 19.1. The largest absolute Gasteiger partial charge is 0.447 e. The van der Waals surface area contributed by atoms with Gasteiger partial charge in [-0.05, 0) is 23.6 Å². The Bertz CT molecular complexity index is 764. The van der Waals surface area contributed by atoms with Crippen molar-refractivity contribution in [3.8, 4) is 0 Å². The van der Waals surface area contributed by atoms with Crippen LogP contribution in [-0.2, 0) is 22.4 Å². The molecular formula is C18H15F2NO3. The van der Waals surface area contributed by atoms with Crippen molar-refractivity contribution < 1.29 is 23.1 Å². The third kappa shape index (κ3) is 3.42. The van der Waals surface area contributed by atoms with Crippen LogP contribution >= 0.6 is 0 Å². The number of hydrogen-bond acceptors (Lipinski definition) is 3. The highest BCUT2D eigenvalue weighted by molar-refractivity contribution is 5.94. The van der Waals surface area contributed by atoms with Crippen molar-refractivity contribution in [3.63, 3.8) is 0 Å². The second kappa shape index (κ2) is 6.78. The Kier molecular flexibility index (Phi) is 4.55. The van der Waals surface area contributed by atoms with Crippen molar-refractivity contribution in [2.75, 3.05) is 6.61 Å². The SMILES string of the molecule is O=C(Cc1ccc(F)cc1F)N1C(=O)OCC1Cc1ccccc1. The molecule has 4 nitrogen and oxygen atoms in total. The summed E-state index contributed by atoms with van der Waals surface area (Å²) in [4.78, 5) is 25.3. The molecule has 0 saturated carbocycles. The number of nitrogens with zero attached hydrogens (tertiary/aromatic N) is 1. The summed E-state index contributed by atoms with van der Waals surface area (Å²) in [5, 5.41) is 0. The molecule has 1 unspecified atom stereocenters. The van der Waals surface area contributed by atoms with Crippen LogP contribution in [0.4, 0.5) is 13.6 Å². The van der Waals surface area contributed by atoms with Gasteiger partial charge in [0.1, 0.15) is 18.2 Å². The maximum atomic E-state index is 13.7. The number of carbonyl (C=O) groups is 2. The molecule has 0 radical (unpaired) electrons. The smallest absolute Gasteiger partial charge is 0.416 e. The van der Waals surface area contributed by atoms with Gasteiger partial charge in [-0.3, -0.25) is 4.79 Å². The number of imide groups is 1. The van der Waals surface area contributed by atoms with Gasteiger partial charge in [0.15, 0.2) is 0 Å². The Morgan fingerprint density at radius 3 is 2.62 bits per heavy atom. The van der Waals surface area contributed by atoms with Gasteiger partial charge in [-0.15, -0.1) is 0 Å².